The highest BCUT2D eigenvalue weighted by Gasteiger charge is 2.13. The van der Waals surface area contributed by atoms with Gasteiger partial charge in [-0.3, -0.25) is 0 Å². The number of halogens is 1. The smallest absolute Gasteiger partial charge is 0.121 e. The van der Waals surface area contributed by atoms with E-state index in [-0.39, 0.29) is 6.04 Å². The first-order chi connectivity index (χ1) is 5.11. The van der Waals surface area contributed by atoms with Gasteiger partial charge in [-0.1, -0.05) is 13.8 Å². The van der Waals surface area contributed by atoms with Crippen molar-refractivity contribution < 1.29 is 4.42 Å². The lowest BCUT2D eigenvalue weighted by Crippen LogP contribution is -2.15. The highest BCUT2D eigenvalue weighted by Crippen LogP contribution is 2.23. The van der Waals surface area contributed by atoms with Crippen molar-refractivity contribution in [2.75, 3.05) is 0 Å². The highest BCUT2D eigenvalue weighted by molar-refractivity contribution is 9.10. The highest BCUT2D eigenvalue weighted by atomic mass is 79.9. The average Bonchev–Trinajstić information content (AvgIpc) is 2.34. The molecule has 1 aromatic rings. The van der Waals surface area contributed by atoms with Crippen molar-refractivity contribution in [3.63, 3.8) is 0 Å². The maximum Gasteiger partial charge on any atom is 0.121 e. The predicted octanol–water partition coefficient (Wildman–Crippen LogP) is 2.70. The van der Waals surface area contributed by atoms with Crippen LogP contribution in [0.5, 0.6) is 0 Å². The van der Waals surface area contributed by atoms with Gasteiger partial charge in [-0.25, -0.2) is 0 Å². The van der Waals surface area contributed by atoms with Gasteiger partial charge in [-0.05, 0) is 27.9 Å². The summed E-state index contributed by atoms with van der Waals surface area (Å²) in [5, 5.41) is 0. The first kappa shape index (κ1) is 8.81. The van der Waals surface area contributed by atoms with Crippen LogP contribution in [0.15, 0.2) is 21.2 Å². The van der Waals surface area contributed by atoms with Gasteiger partial charge in [-0.2, -0.15) is 0 Å². The molecule has 0 aliphatic carbocycles. The molecule has 0 aliphatic rings. The van der Waals surface area contributed by atoms with Crippen molar-refractivity contribution in [1.82, 2.24) is 0 Å². The van der Waals surface area contributed by atoms with E-state index in [2.05, 4.69) is 29.8 Å². The molecular formula is C8H12BrNO. The van der Waals surface area contributed by atoms with Crippen LogP contribution in [0.3, 0.4) is 0 Å². The third-order valence-electron chi connectivity index (χ3n) is 1.63. The molecule has 0 aliphatic heterocycles. The van der Waals surface area contributed by atoms with Crippen LogP contribution >= 0.6 is 15.9 Å². The maximum atomic E-state index is 5.84. The van der Waals surface area contributed by atoms with Crippen LogP contribution in [0, 0.1) is 5.92 Å². The largest absolute Gasteiger partial charge is 0.466 e. The molecule has 62 valence electrons. The molecule has 1 atom stereocenters. The standard InChI is InChI=1S/C8H12BrNO/c1-5(2)8(10)7-3-6(9)4-11-7/h3-5,8H,10H2,1-2H3. The van der Waals surface area contributed by atoms with Crippen LogP contribution in [0.4, 0.5) is 0 Å². The monoisotopic (exact) mass is 217 g/mol. The summed E-state index contributed by atoms with van der Waals surface area (Å²) in [6.45, 7) is 4.14. The molecule has 0 amide bonds. The Morgan fingerprint density at radius 3 is 2.55 bits per heavy atom. The summed E-state index contributed by atoms with van der Waals surface area (Å²) in [6.07, 6.45) is 1.65. The SMILES string of the molecule is CC(C)C(N)c1cc(Br)co1. The van der Waals surface area contributed by atoms with Crippen LogP contribution in [0.2, 0.25) is 0 Å². The summed E-state index contributed by atoms with van der Waals surface area (Å²) in [6, 6.07) is 1.91. The van der Waals surface area contributed by atoms with Gasteiger partial charge in [0.15, 0.2) is 0 Å². The fraction of sp³-hybridized carbons (Fsp3) is 0.500. The van der Waals surface area contributed by atoms with Crippen molar-refractivity contribution in [2.24, 2.45) is 11.7 Å². The normalized spacial score (nSPS) is 13.9. The van der Waals surface area contributed by atoms with Crippen LogP contribution < -0.4 is 5.73 Å². The molecule has 1 aromatic heterocycles. The summed E-state index contributed by atoms with van der Waals surface area (Å²) in [7, 11) is 0. The molecule has 3 heteroatoms. The van der Waals surface area contributed by atoms with Crippen LogP contribution in [-0.2, 0) is 0 Å². The molecule has 0 aromatic carbocycles. The Hall–Kier alpha value is -0.280. The van der Waals surface area contributed by atoms with Crippen molar-refractivity contribution in [2.45, 2.75) is 19.9 Å². The molecule has 0 radical (unpaired) electrons. The van der Waals surface area contributed by atoms with E-state index in [9.17, 15) is 0 Å². The van der Waals surface area contributed by atoms with Gasteiger partial charge in [0.2, 0.25) is 0 Å². The van der Waals surface area contributed by atoms with E-state index in [1.807, 2.05) is 6.07 Å². The van der Waals surface area contributed by atoms with Crippen LogP contribution in [0.1, 0.15) is 25.6 Å². The summed E-state index contributed by atoms with van der Waals surface area (Å²) < 4.78 is 6.16. The van der Waals surface area contributed by atoms with Gasteiger partial charge < -0.3 is 10.2 Å². The third-order valence-corrected chi connectivity index (χ3v) is 2.05. The molecule has 2 N–H and O–H groups in total. The molecule has 0 saturated heterocycles. The van der Waals surface area contributed by atoms with Crippen molar-refractivity contribution in [3.05, 3.63) is 22.6 Å². The number of hydrogen-bond acceptors (Lipinski definition) is 2. The molecule has 0 fully saturated rings. The number of hydrogen-bond donors (Lipinski definition) is 1. The van der Waals surface area contributed by atoms with Crippen molar-refractivity contribution in [1.29, 1.82) is 0 Å². The second-order valence-electron chi connectivity index (χ2n) is 2.94. The first-order valence-electron chi connectivity index (χ1n) is 3.60. The van der Waals surface area contributed by atoms with Crippen molar-refractivity contribution in [3.8, 4) is 0 Å². The quantitative estimate of drug-likeness (QED) is 0.828. The Kier molecular flexibility index (Phi) is 2.73. The summed E-state index contributed by atoms with van der Waals surface area (Å²) >= 11 is 3.30. The Morgan fingerprint density at radius 1 is 1.55 bits per heavy atom. The first-order valence-corrected chi connectivity index (χ1v) is 4.40. The minimum absolute atomic E-state index is 0.00120. The molecule has 11 heavy (non-hydrogen) atoms. The Balaban J connectivity index is 2.76. The Labute approximate surface area is 74.9 Å². The minimum atomic E-state index is 0.00120. The summed E-state index contributed by atoms with van der Waals surface area (Å²) in [5.74, 6) is 1.25. The molecule has 0 spiro atoms. The van der Waals surface area contributed by atoms with E-state index in [4.69, 9.17) is 10.2 Å². The molecule has 1 rings (SSSR count). The van der Waals surface area contributed by atoms with E-state index < -0.39 is 0 Å². The third kappa shape index (κ3) is 2.07. The van der Waals surface area contributed by atoms with E-state index in [0.29, 0.717) is 5.92 Å². The van der Waals surface area contributed by atoms with Crippen molar-refractivity contribution >= 4 is 15.9 Å². The second-order valence-corrected chi connectivity index (χ2v) is 3.85. The van der Waals surface area contributed by atoms with Gasteiger partial charge in [-0.15, -0.1) is 0 Å². The van der Waals surface area contributed by atoms with E-state index in [0.717, 1.165) is 10.2 Å². The summed E-state index contributed by atoms with van der Waals surface area (Å²) in [4.78, 5) is 0. The lowest BCUT2D eigenvalue weighted by Gasteiger charge is -2.11. The van der Waals surface area contributed by atoms with Gasteiger partial charge >= 0.3 is 0 Å². The summed E-state index contributed by atoms with van der Waals surface area (Å²) in [5.41, 5.74) is 5.84. The average molecular weight is 218 g/mol. The maximum absolute atomic E-state index is 5.84. The van der Waals surface area contributed by atoms with E-state index >= 15 is 0 Å². The fourth-order valence-corrected chi connectivity index (χ4v) is 1.15. The molecule has 1 unspecified atom stereocenters. The molecule has 1 heterocycles. The van der Waals surface area contributed by atoms with E-state index in [1.165, 1.54) is 0 Å². The fourth-order valence-electron chi connectivity index (χ4n) is 0.832. The number of nitrogens with two attached hydrogens (primary N) is 1. The zero-order chi connectivity index (χ0) is 8.43. The zero-order valence-electron chi connectivity index (χ0n) is 6.67. The number of furan rings is 1. The molecule has 2 nitrogen and oxygen atoms in total. The van der Waals surface area contributed by atoms with Gasteiger partial charge in [0.1, 0.15) is 12.0 Å². The lowest BCUT2D eigenvalue weighted by atomic mass is 10.0. The Bertz CT molecular complexity index is 232. The van der Waals surface area contributed by atoms with E-state index in [1.54, 1.807) is 6.26 Å². The topological polar surface area (TPSA) is 39.2 Å². The van der Waals surface area contributed by atoms with Gasteiger partial charge in [0.25, 0.3) is 0 Å². The van der Waals surface area contributed by atoms with Gasteiger partial charge in [0.05, 0.1) is 10.5 Å². The van der Waals surface area contributed by atoms with Crippen LogP contribution in [-0.4, -0.2) is 0 Å². The second kappa shape index (κ2) is 3.41. The Morgan fingerprint density at radius 2 is 2.18 bits per heavy atom. The minimum Gasteiger partial charge on any atom is -0.466 e. The lowest BCUT2D eigenvalue weighted by molar-refractivity contribution is 0.402. The number of rotatable bonds is 2. The molecular weight excluding hydrogens is 206 g/mol. The zero-order valence-corrected chi connectivity index (χ0v) is 8.26. The molecule has 0 bridgehead atoms. The van der Waals surface area contributed by atoms with Gasteiger partial charge in [0, 0.05) is 0 Å². The predicted molar refractivity (Wildman–Crippen MR) is 48.2 cm³/mol. The molecule has 0 saturated carbocycles. The van der Waals surface area contributed by atoms with Crippen LogP contribution in [0.25, 0.3) is 0 Å².